The van der Waals surface area contributed by atoms with Crippen molar-refractivity contribution in [2.45, 2.75) is 26.4 Å². The largest absolute Gasteiger partial charge is 0.493 e. The van der Waals surface area contributed by atoms with Crippen LogP contribution in [0.3, 0.4) is 0 Å². The summed E-state index contributed by atoms with van der Waals surface area (Å²) >= 11 is 5.93. The van der Waals surface area contributed by atoms with Crippen molar-refractivity contribution in [3.05, 3.63) is 23.8 Å². The quantitative estimate of drug-likeness (QED) is 0.773. The summed E-state index contributed by atoms with van der Waals surface area (Å²) in [5.41, 5.74) is 1.16. The van der Waals surface area contributed by atoms with Crippen LogP contribution in [0.2, 0.25) is 0 Å². The van der Waals surface area contributed by atoms with E-state index in [-0.39, 0.29) is 0 Å². The fourth-order valence-electron chi connectivity index (χ4n) is 1.71. The van der Waals surface area contributed by atoms with Gasteiger partial charge in [-0.3, -0.25) is 0 Å². The topological polar surface area (TPSA) is 30.5 Å². The first-order valence-corrected chi connectivity index (χ1v) is 6.66. The fraction of sp³-hybridized carbons (Fsp3) is 0.571. The first-order chi connectivity index (χ1) is 8.62. The first kappa shape index (κ1) is 15.1. The summed E-state index contributed by atoms with van der Waals surface area (Å²) in [5, 5.41) is 3.45. The Morgan fingerprint density at radius 3 is 2.33 bits per heavy atom. The molecule has 1 aromatic rings. The molecular formula is C14H22ClNO2. The maximum atomic E-state index is 5.93. The van der Waals surface area contributed by atoms with Gasteiger partial charge in [-0.1, -0.05) is 19.9 Å². The summed E-state index contributed by atoms with van der Waals surface area (Å²) in [6, 6.07) is 6.25. The minimum Gasteiger partial charge on any atom is -0.493 e. The number of halogens is 1. The third kappa shape index (κ3) is 4.07. The van der Waals surface area contributed by atoms with E-state index >= 15 is 0 Å². The summed E-state index contributed by atoms with van der Waals surface area (Å²) < 4.78 is 10.5. The van der Waals surface area contributed by atoms with E-state index in [4.69, 9.17) is 21.1 Å². The van der Waals surface area contributed by atoms with Gasteiger partial charge in [0.15, 0.2) is 11.5 Å². The highest BCUT2D eigenvalue weighted by atomic mass is 35.5. The van der Waals surface area contributed by atoms with Gasteiger partial charge in [-0.15, -0.1) is 11.6 Å². The second kappa shape index (κ2) is 7.49. The minimum atomic E-state index is 0.319. The van der Waals surface area contributed by atoms with E-state index in [1.54, 1.807) is 14.2 Å². The molecule has 102 valence electrons. The minimum absolute atomic E-state index is 0.319. The van der Waals surface area contributed by atoms with Gasteiger partial charge in [0.25, 0.3) is 0 Å². The lowest BCUT2D eigenvalue weighted by Gasteiger charge is -2.20. The molecule has 1 unspecified atom stereocenters. The van der Waals surface area contributed by atoms with Gasteiger partial charge < -0.3 is 14.8 Å². The smallest absolute Gasteiger partial charge is 0.161 e. The van der Waals surface area contributed by atoms with E-state index in [9.17, 15) is 0 Å². The number of alkyl halides is 1. The van der Waals surface area contributed by atoms with E-state index in [0.717, 1.165) is 23.6 Å². The number of methoxy groups -OCH3 is 2. The third-order valence-electron chi connectivity index (χ3n) is 2.99. The van der Waals surface area contributed by atoms with Crippen LogP contribution in [-0.4, -0.2) is 26.1 Å². The first-order valence-electron chi connectivity index (χ1n) is 6.12. The second-order valence-corrected chi connectivity index (χ2v) is 4.88. The lowest BCUT2D eigenvalue weighted by Crippen LogP contribution is -2.34. The number of benzene rings is 1. The normalized spacial score (nSPS) is 12.6. The Labute approximate surface area is 114 Å². The summed E-state index contributed by atoms with van der Waals surface area (Å²) in [4.78, 5) is 0. The molecule has 0 aliphatic carbocycles. The van der Waals surface area contributed by atoms with Crippen molar-refractivity contribution in [1.29, 1.82) is 0 Å². The average Bonchev–Trinajstić information content (AvgIpc) is 2.38. The SMILES string of the molecule is COc1ccc(CNC(CCl)C(C)C)cc1OC. The summed E-state index contributed by atoms with van der Waals surface area (Å²) in [5.74, 6) is 2.63. The highest BCUT2D eigenvalue weighted by Gasteiger charge is 2.11. The molecule has 0 aliphatic rings. The highest BCUT2D eigenvalue weighted by molar-refractivity contribution is 6.18. The zero-order valence-electron chi connectivity index (χ0n) is 11.5. The highest BCUT2D eigenvalue weighted by Crippen LogP contribution is 2.27. The molecule has 0 aromatic heterocycles. The van der Waals surface area contributed by atoms with Crippen LogP contribution in [-0.2, 0) is 6.54 Å². The van der Waals surface area contributed by atoms with Crippen molar-refractivity contribution in [2.24, 2.45) is 5.92 Å². The molecule has 0 saturated heterocycles. The van der Waals surface area contributed by atoms with Gasteiger partial charge in [0.2, 0.25) is 0 Å². The van der Waals surface area contributed by atoms with E-state index in [2.05, 4.69) is 19.2 Å². The predicted molar refractivity (Wildman–Crippen MR) is 75.7 cm³/mol. The molecule has 0 saturated carbocycles. The Kier molecular flexibility index (Phi) is 6.30. The monoisotopic (exact) mass is 271 g/mol. The Morgan fingerprint density at radius 2 is 1.83 bits per heavy atom. The molecule has 0 radical (unpaired) electrons. The molecule has 0 spiro atoms. The molecule has 0 aliphatic heterocycles. The van der Waals surface area contributed by atoms with Crippen LogP contribution in [0.5, 0.6) is 11.5 Å². The standard InChI is InChI=1S/C14H22ClNO2/c1-10(2)12(8-15)16-9-11-5-6-13(17-3)14(7-11)18-4/h5-7,10,12,16H,8-9H2,1-4H3. The van der Waals surface area contributed by atoms with E-state index < -0.39 is 0 Å². The van der Waals surface area contributed by atoms with E-state index in [1.165, 1.54) is 0 Å². The van der Waals surface area contributed by atoms with Crippen LogP contribution in [0.25, 0.3) is 0 Å². The van der Waals surface area contributed by atoms with E-state index in [1.807, 2.05) is 18.2 Å². The van der Waals surface area contributed by atoms with Gasteiger partial charge in [-0.25, -0.2) is 0 Å². The van der Waals surface area contributed by atoms with Crippen LogP contribution in [0.1, 0.15) is 19.4 Å². The van der Waals surface area contributed by atoms with E-state index in [0.29, 0.717) is 17.8 Å². The zero-order valence-corrected chi connectivity index (χ0v) is 12.3. The molecule has 0 fully saturated rings. The third-order valence-corrected chi connectivity index (χ3v) is 3.32. The molecule has 4 heteroatoms. The molecule has 0 heterocycles. The van der Waals surface area contributed by atoms with Gasteiger partial charge in [-0.2, -0.15) is 0 Å². The number of nitrogens with one attached hydrogen (secondary N) is 1. The number of ether oxygens (including phenoxy) is 2. The number of rotatable bonds is 7. The van der Waals surface area contributed by atoms with Crippen molar-refractivity contribution >= 4 is 11.6 Å². The van der Waals surface area contributed by atoms with Crippen LogP contribution < -0.4 is 14.8 Å². The second-order valence-electron chi connectivity index (χ2n) is 4.58. The summed E-state index contributed by atoms with van der Waals surface area (Å²) in [7, 11) is 3.28. The maximum Gasteiger partial charge on any atom is 0.161 e. The number of hydrogen-bond acceptors (Lipinski definition) is 3. The van der Waals surface area contributed by atoms with Crippen LogP contribution in [0.15, 0.2) is 18.2 Å². The molecule has 3 nitrogen and oxygen atoms in total. The Balaban J connectivity index is 2.67. The average molecular weight is 272 g/mol. The van der Waals surface area contributed by atoms with Crippen molar-refractivity contribution in [3.63, 3.8) is 0 Å². The molecule has 18 heavy (non-hydrogen) atoms. The molecule has 1 aromatic carbocycles. The Bertz CT molecular complexity index is 369. The summed E-state index contributed by atoms with van der Waals surface area (Å²) in [6.45, 7) is 5.10. The Hall–Kier alpha value is -0.930. The van der Waals surface area contributed by atoms with Crippen molar-refractivity contribution in [1.82, 2.24) is 5.32 Å². The van der Waals surface area contributed by atoms with Crippen molar-refractivity contribution < 1.29 is 9.47 Å². The van der Waals surface area contributed by atoms with Gasteiger partial charge in [-0.05, 0) is 23.6 Å². The molecule has 1 rings (SSSR count). The summed E-state index contributed by atoms with van der Waals surface area (Å²) in [6.07, 6.45) is 0. The zero-order chi connectivity index (χ0) is 13.5. The van der Waals surface area contributed by atoms with Gasteiger partial charge >= 0.3 is 0 Å². The van der Waals surface area contributed by atoms with Crippen LogP contribution in [0.4, 0.5) is 0 Å². The van der Waals surface area contributed by atoms with Crippen molar-refractivity contribution in [2.75, 3.05) is 20.1 Å². The fourth-order valence-corrected chi connectivity index (χ4v) is 2.17. The number of hydrogen-bond donors (Lipinski definition) is 1. The maximum absolute atomic E-state index is 5.93. The van der Waals surface area contributed by atoms with Crippen molar-refractivity contribution in [3.8, 4) is 11.5 Å². The lowest BCUT2D eigenvalue weighted by atomic mass is 10.1. The Morgan fingerprint density at radius 1 is 1.17 bits per heavy atom. The molecule has 1 atom stereocenters. The van der Waals surface area contributed by atoms with Gasteiger partial charge in [0, 0.05) is 18.5 Å². The van der Waals surface area contributed by atoms with Crippen LogP contribution in [0, 0.1) is 5.92 Å². The molecular weight excluding hydrogens is 250 g/mol. The lowest BCUT2D eigenvalue weighted by molar-refractivity contribution is 0.354. The molecule has 0 amide bonds. The van der Waals surface area contributed by atoms with Crippen LogP contribution >= 0.6 is 11.6 Å². The molecule has 0 bridgehead atoms. The molecule has 1 N–H and O–H groups in total. The van der Waals surface area contributed by atoms with Gasteiger partial charge in [0.05, 0.1) is 14.2 Å². The van der Waals surface area contributed by atoms with Gasteiger partial charge in [0.1, 0.15) is 0 Å². The predicted octanol–water partition coefficient (Wildman–Crippen LogP) is 3.06.